The molecule has 0 saturated heterocycles. The largest absolute Gasteiger partial charge is 0.298 e. The topological polar surface area (TPSA) is 17.1 Å². The summed E-state index contributed by atoms with van der Waals surface area (Å²) in [7, 11) is 0. The van der Waals surface area contributed by atoms with Gasteiger partial charge in [0.2, 0.25) is 0 Å². The maximum Gasteiger partial charge on any atom is 0.151 e. The van der Waals surface area contributed by atoms with Crippen LogP contribution >= 0.6 is 58.0 Å². The molecule has 0 atom stereocenters. The highest BCUT2D eigenvalue weighted by molar-refractivity contribution is 6.53. The van der Waals surface area contributed by atoms with Crippen molar-refractivity contribution in [1.82, 2.24) is 0 Å². The van der Waals surface area contributed by atoms with Crippen LogP contribution in [-0.2, 0) is 5.88 Å². The van der Waals surface area contributed by atoms with E-state index >= 15 is 0 Å². The number of aldehydes is 1. The molecule has 1 aromatic rings. The number of hydrogen-bond acceptors (Lipinski definition) is 1. The molecule has 0 aromatic heterocycles. The lowest BCUT2D eigenvalue weighted by Gasteiger charge is -2.10. The lowest BCUT2D eigenvalue weighted by molar-refractivity contribution is 0.112. The van der Waals surface area contributed by atoms with E-state index in [0.717, 1.165) is 0 Å². The molecular formula is C8H3Cl5O. The molecule has 6 heteroatoms. The normalized spacial score (nSPS) is 10.4. The quantitative estimate of drug-likeness (QED) is 0.329. The Hall–Kier alpha value is 0.340. The van der Waals surface area contributed by atoms with E-state index in [1.165, 1.54) is 0 Å². The average Bonchev–Trinajstić information content (AvgIpc) is 2.20. The van der Waals surface area contributed by atoms with E-state index in [-0.39, 0.29) is 31.5 Å². The number of carbonyl (C=O) groups excluding carboxylic acids is 1. The van der Waals surface area contributed by atoms with E-state index in [0.29, 0.717) is 11.8 Å². The highest BCUT2D eigenvalue weighted by atomic mass is 35.5. The average molecular weight is 292 g/mol. The van der Waals surface area contributed by atoms with Gasteiger partial charge in [-0.15, -0.1) is 11.6 Å². The second-order valence-corrected chi connectivity index (χ2v) is 4.18. The van der Waals surface area contributed by atoms with Crippen molar-refractivity contribution in [3.63, 3.8) is 0 Å². The second kappa shape index (κ2) is 4.91. The first-order valence-electron chi connectivity index (χ1n) is 3.40. The Bertz CT molecular complexity index is 388. The third-order valence-corrected chi connectivity index (χ3v) is 3.78. The number of hydrogen-bond donors (Lipinski definition) is 0. The van der Waals surface area contributed by atoms with Crippen LogP contribution in [0.5, 0.6) is 0 Å². The zero-order valence-corrected chi connectivity index (χ0v) is 10.4. The van der Waals surface area contributed by atoms with Crippen molar-refractivity contribution in [3.8, 4) is 0 Å². The Balaban J connectivity index is 3.65. The van der Waals surface area contributed by atoms with Gasteiger partial charge in [-0.3, -0.25) is 4.79 Å². The molecule has 1 nitrogen and oxygen atoms in total. The van der Waals surface area contributed by atoms with Crippen LogP contribution < -0.4 is 0 Å². The van der Waals surface area contributed by atoms with Crippen LogP contribution in [-0.4, -0.2) is 6.29 Å². The minimum Gasteiger partial charge on any atom is -0.298 e. The zero-order valence-electron chi connectivity index (χ0n) is 6.58. The molecule has 0 spiro atoms. The van der Waals surface area contributed by atoms with Crippen LogP contribution in [0.3, 0.4) is 0 Å². The first-order chi connectivity index (χ1) is 6.54. The summed E-state index contributed by atoms with van der Waals surface area (Å²) in [5, 5.41) is 0.416. The molecule has 0 saturated carbocycles. The highest BCUT2D eigenvalue weighted by Gasteiger charge is 2.18. The fraction of sp³-hybridized carbons (Fsp3) is 0.125. The van der Waals surface area contributed by atoms with Gasteiger partial charge in [-0.2, -0.15) is 0 Å². The van der Waals surface area contributed by atoms with Crippen LogP contribution in [0.4, 0.5) is 0 Å². The lowest BCUT2D eigenvalue weighted by Crippen LogP contribution is -1.94. The van der Waals surface area contributed by atoms with Crippen LogP contribution in [0.25, 0.3) is 0 Å². The van der Waals surface area contributed by atoms with Crippen molar-refractivity contribution in [1.29, 1.82) is 0 Å². The van der Waals surface area contributed by atoms with Crippen LogP contribution in [0.2, 0.25) is 20.1 Å². The van der Waals surface area contributed by atoms with Crippen molar-refractivity contribution >= 4 is 64.3 Å². The summed E-state index contributed by atoms with van der Waals surface area (Å²) in [6.45, 7) is 0. The molecule has 0 amide bonds. The molecule has 14 heavy (non-hydrogen) atoms. The standard InChI is InChI=1S/C8H3Cl5O/c9-1-3-4(2-14)6(11)8(13)7(12)5(3)10/h2H,1H2. The minimum atomic E-state index is 0.0452. The van der Waals surface area contributed by atoms with Gasteiger partial charge in [0.1, 0.15) is 0 Å². The van der Waals surface area contributed by atoms with Crippen molar-refractivity contribution in [2.75, 3.05) is 0 Å². The minimum absolute atomic E-state index is 0.0452. The van der Waals surface area contributed by atoms with Crippen molar-refractivity contribution in [2.24, 2.45) is 0 Å². The maximum atomic E-state index is 10.7. The number of benzene rings is 1. The molecule has 0 aliphatic rings. The molecule has 0 aliphatic carbocycles. The monoisotopic (exact) mass is 290 g/mol. The molecule has 0 N–H and O–H groups in total. The van der Waals surface area contributed by atoms with Crippen LogP contribution in [0.1, 0.15) is 15.9 Å². The summed E-state index contributed by atoms with van der Waals surface area (Å²) < 4.78 is 0. The zero-order chi connectivity index (χ0) is 10.9. The lowest BCUT2D eigenvalue weighted by atomic mass is 10.1. The van der Waals surface area contributed by atoms with Crippen molar-refractivity contribution in [2.45, 2.75) is 5.88 Å². The predicted molar refractivity (Wildman–Crippen MR) is 61.4 cm³/mol. The van der Waals surface area contributed by atoms with Gasteiger partial charge in [-0.25, -0.2) is 0 Å². The fourth-order valence-electron chi connectivity index (χ4n) is 0.948. The van der Waals surface area contributed by atoms with Gasteiger partial charge in [0, 0.05) is 11.4 Å². The van der Waals surface area contributed by atoms with E-state index in [1.54, 1.807) is 0 Å². The van der Waals surface area contributed by atoms with Gasteiger partial charge in [0.15, 0.2) is 6.29 Å². The Kier molecular flexibility index (Phi) is 4.35. The summed E-state index contributed by atoms with van der Waals surface area (Å²) in [6, 6.07) is 0. The summed E-state index contributed by atoms with van der Waals surface area (Å²) >= 11 is 28.8. The number of carbonyl (C=O) groups is 1. The molecule has 1 rings (SSSR count). The Labute approximate surface area is 106 Å². The van der Waals surface area contributed by atoms with E-state index < -0.39 is 0 Å². The second-order valence-electron chi connectivity index (χ2n) is 2.40. The van der Waals surface area contributed by atoms with Gasteiger partial charge in [0.25, 0.3) is 0 Å². The Morgan fingerprint density at radius 3 is 1.86 bits per heavy atom. The third-order valence-electron chi connectivity index (χ3n) is 1.66. The van der Waals surface area contributed by atoms with E-state index in [1.807, 2.05) is 0 Å². The summed E-state index contributed by atoms with van der Waals surface area (Å²) in [5.74, 6) is 0.0452. The molecule has 0 fully saturated rings. The molecule has 0 unspecified atom stereocenters. The third kappa shape index (κ3) is 1.98. The molecule has 0 radical (unpaired) electrons. The number of alkyl halides is 1. The van der Waals surface area contributed by atoms with Gasteiger partial charge in [-0.05, 0) is 5.56 Å². The van der Waals surface area contributed by atoms with Gasteiger partial charge < -0.3 is 0 Å². The fourth-order valence-corrected chi connectivity index (χ4v) is 2.31. The summed E-state index contributed by atoms with van der Waals surface area (Å²) in [6.07, 6.45) is 0.550. The maximum absolute atomic E-state index is 10.7. The SMILES string of the molecule is O=Cc1c(Cl)c(Cl)c(Cl)c(Cl)c1CCl. The van der Waals surface area contributed by atoms with E-state index in [4.69, 9.17) is 58.0 Å². The first-order valence-corrected chi connectivity index (χ1v) is 5.45. The summed E-state index contributed by atoms with van der Waals surface area (Å²) in [4.78, 5) is 10.7. The first kappa shape index (κ1) is 12.4. The van der Waals surface area contributed by atoms with Gasteiger partial charge in [-0.1, -0.05) is 46.4 Å². The Morgan fingerprint density at radius 1 is 0.929 bits per heavy atom. The molecule has 1 aromatic carbocycles. The van der Waals surface area contributed by atoms with Crippen molar-refractivity contribution in [3.05, 3.63) is 31.2 Å². The summed E-state index contributed by atoms with van der Waals surface area (Å²) in [5.41, 5.74) is 0.573. The predicted octanol–water partition coefficient (Wildman–Crippen LogP) is 4.85. The Morgan fingerprint density at radius 2 is 1.43 bits per heavy atom. The molecule has 0 aliphatic heterocycles. The van der Waals surface area contributed by atoms with Gasteiger partial charge in [0.05, 0.1) is 20.1 Å². The van der Waals surface area contributed by atoms with E-state index in [9.17, 15) is 4.79 Å². The van der Waals surface area contributed by atoms with Crippen LogP contribution in [0.15, 0.2) is 0 Å². The van der Waals surface area contributed by atoms with E-state index in [2.05, 4.69) is 0 Å². The van der Waals surface area contributed by atoms with Crippen molar-refractivity contribution < 1.29 is 4.79 Å². The van der Waals surface area contributed by atoms with Gasteiger partial charge >= 0.3 is 0 Å². The smallest absolute Gasteiger partial charge is 0.151 e. The number of rotatable bonds is 2. The molecular weight excluding hydrogens is 289 g/mol. The van der Waals surface area contributed by atoms with Crippen LogP contribution in [0, 0.1) is 0 Å². The molecule has 76 valence electrons. The number of halogens is 5. The molecule has 0 bridgehead atoms. The highest BCUT2D eigenvalue weighted by Crippen LogP contribution is 2.41. The molecule has 0 heterocycles.